The fourth-order valence-corrected chi connectivity index (χ4v) is 3.38. The van der Waals surface area contributed by atoms with Gasteiger partial charge in [-0.2, -0.15) is 0 Å². The molecule has 1 aromatic rings. The summed E-state index contributed by atoms with van der Waals surface area (Å²) in [7, 11) is 3.16. The van der Waals surface area contributed by atoms with Crippen molar-refractivity contribution in [3.63, 3.8) is 0 Å². The number of benzene rings is 1. The molecule has 1 saturated heterocycles. The second kappa shape index (κ2) is 7.75. The monoisotopic (exact) mass is 348 g/mol. The zero-order chi connectivity index (χ0) is 17.9. The molecule has 24 heavy (non-hydrogen) atoms. The van der Waals surface area contributed by atoms with E-state index < -0.39 is 0 Å². The van der Waals surface area contributed by atoms with Crippen molar-refractivity contribution in [1.82, 2.24) is 5.32 Å². The van der Waals surface area contributed by atoms with E-state index in [9.17, 15) is 4.79 Å². The van der Waals surface area contributed by atoms with Crippen LogP contribution in [0.25, 0.3) is 6.08 Å². The standard InChI is InChI=1S/C18H24N2O3S/c1-10(2)13-7-12(8-14(11(3)4)16(13)22-5)9-15-17(21)19-18(24-15)20-23-6/h7-11H,1-6H3,(H,19,20,21)/b15-9-. The number of nitrogens with one attached hydrogen (secondary N) is 1. The van der Waals surface area contributed by atoms with Crippen molar-refractivity contribution >= 4 is 28.9 Å². The predicted molar refractivity (Wildman–Crippen MR) is 99.3 cm³/mol. The zero-order valence-electron chi connectivity index (χ0n) is 15.0. The number of methoxy groups -OCH3 is 1. The van der Waals surface area contributed by atoms with Crippen LogP contribution in [-0.4, -0.2) is 25.3 Å². The number of amidine groups is 1. The Morgan fingerprint density at radius 3 is 2.17 bits per heavy atom. The minimum atomic E-state index is -0.163. The maximum absolute atomic E-state index is 12.1. The van der Waals surface area contributed by atoms with Gasteiger partial charge >= 0.3 is 0 Å². The Hall–Kier alpha value is -1.95. The number of oxime groups is 1. The minimum absolute atomic E-state index is 0.163. The lowest BCUT2D eigenvalue weighted by Crippen LogP contribution is -2.19. The largest absolute Gasteiger partial charge is 0.496 e. The zero-order valence-corrected chi connectivity index (χ0v) is 15.8. The number of hydrogen-bond acceptors (Lipinski definition) is 5. The van der Waals surface area contributed by atoms with E-state index in [1.807, 2.05) is 6.08 Å². The van der Waals surface area contributed by atoms with Crippen LogP contribution >= 0.6 is 11.8 Å². The number of rotatable bonds is 5. The average molecular weight is 348 g/mol. The Bertz CT molecular complexity index is 664. The van der Waals surface area contributed by atoms with Gasteiger partial charge in [0.25, 0.3) is 5.91 Å². The molecule has 0 aromatic heterocycles. The van der Waals surface area contributed by atoms with Crippen LogP contribution in [0.4, 0.5) is 0 Å². The van der Waals surface area contributed by atoms with Gasteiger partial charge in [0.1, 0.15) is 12.9 Å². The lowest BCUT2D eigenvalue weighted by atomic mass is 9.91. The van der Waals surface area contributed by atoms with Crippen LogP contribution in [0, 0.1) is 0 Å². The normalized spacial score (nSPS) is 17.9. The summed E-state index contributed by atoms with van der Waals surface area (Å²) in [6, 6.07) is 4.17. The van der Waals surface area contributed by atoms with E-state index in [1.165, 1.54) is 18.9 Å². The van der Waals surface area contributed by atoms with Gasteiger partial charge in [-0.3, -0.25) is 10.1 Å². The molecule has 1 aromatic carbocycles. The molecule has 1 aliphatic rings. The van der Waals surface area contributed by atoms with Crippen molar-refractivity contribution in [2.75, 3.05) is 14.2 Å². The van der Waals surface area contributed by atoms with Gasteiger partial charge in [0.2, 0.25) is 5.17 Å². The van der Waals surface area contributed by atoms with Gasteiger partial charge in [0, 0.05) is 0 Å². The maximum Gasteiger partial charge on any atom is 0.264 e. The molecule has 1 heterocycles. The summed E-state index contributed by atoms with van der Waals surface area (Å²) in [5, 5.41) is 6.90. The van der Waals surface area contributed by atoms with E-state index in [4.69, 9.17) is 9.57 Å². The summed E-state index contributed by atoms with van der Waals surface area (Å²) < 4.78 is 5.65. The smallest absolute Gasteiger partial charge is 0.264 e. The van der Waals surface area contributed by atoms with Crippen LogP contribution < -0.4 is 10.1 Å². The summed E-state index contributed by atoms with van der Waals surface area (Å²) >= 11 is 1.27. The lowest BCUT2D eigenvalue weighted by Gasteiger charge is -2.19. The van der Waals surface area contributed by atoms with Gasteiger partial charge in [-0.15, -0.1) is 0 Å². The number of amides is 1. The Labute approximate surface area is 147 Å². The lowest BCUT2D eigenvalue weighted by molar-refractivity contribution is -0.115. The second-order valence-electron chi connectivity index (χ2n) is 6.19. The van der Waals surface area contributed by atoms with Crippen molar-refractivity contribution in [2.45, 2.75) is 39.5 Å². The number of nitrogens with zero attached hydrogens (tertiary/aromatic N) is 1. The highest BCUT2D eigenvalue weighted by Crippen LogP contribution is 2.37. The van der Waals surface area contributed by atoms with E-state index >= 15 is 0 Å². The molecule has 1 aliphatic heterocycles. The van der Waals surface area contributed by atoms with Crippen LogP contribution in [0.1, 0.15) is 56.2 Å². The summed E-state index contributed by atoms with van der Waals surface area (Å²) in [5.41, 5.74) is 3.27. The highest BCUT2D eigenvalue weighted by atomic mass is 32.2. The maximum atomic E-state index is 12.1. The third kappa shape index (κ3) is 3.93. The highest BCUT2D eigenvalue weighted by molar-refractivity contribution is 8.18. The predicted octanol–water partition coefficient (Wildman–Crippen LogP) is 4.06. The Kier molecular flexibility index (Phi) is 5.94. The van der Waals surface area contributed by atoms with Crippen molar-refractivity contribution in [2.24, 2.45) is 5.16 Å². The van der Waals surface area contributed by atoms with Crippen LogP contribution in [0.2, 0.25) is 0 Å². The molecule has 1 N–H and O–H groups in total. The van der Waals surface area contributed by atoms with Gasteiger partial charge < -0.3 is 9.57 Å². The molecule has 6 heteroatoms. The molecular formula is C18H24N2O3S. The van der Waals surface area contributed by atoms with Gasteiger partial charge in [-0.1, -0.05) is 32.9 Å². The average Bonchev–Trinajstić information content (AvgIpc) is 2.86. The fraction of sp³-hybridized carbons (Fsp3) is 0.444. The summed E-state index contributed by atoms with van der Waals surface area (Å²) in [4.78, 5) is 17.4. The van der Waals surface area contributed by atoms with Crippen molar-refractivity contribution in [3.05, 3.63) is 33.7 Å². The molecule has 0 aliphatic carbocycles. The fourth-order valence-electron chi connectivity index (χ4n) is 2.58. The topological polar surface area (TPSA) is 59.9 Å². The third-order valence-corrected chi connectivity index (χ3v) is 4.63. The molecule has 2 rings (SSSR count). The van der Waals surface area contributed by atoms with Crippen molar-refractivity contribution in [1.29, 1.82) is 0 Å². The molecule has 0 radical (unpaired) electrons. The molecule has 5 nitrogen and oxygen atoms in total. The van der Waals surface area contributed by atoms with E-state index in [0.717, 1.165) is 22.4 Å². The first-order valence-electron chi connectivity index (χ1n) is 7.91. The van der Waals surface area contributed by atoms with Crippen molar-refractivity contribution in [3.8, 4) is 5.75 Å². The molecule has 0 unspecified atom stereocenters. The minimum Gasteiger partial charge on any atom is -0.496 e. The molecule has 0 saturated carbocycles. The van der Waals surface area contributed by atoms with Gasteiger partial charge in [0.15, 0.2) is 0 Å². The second-order valence-corrected chi connectivity index (χ2v) is 7.22. The van der Waals surface area contributed by atoms with Crippen LogP contribution in [0.15, 0.2) is 22.2 Å². The SMILES string of the molecule is CO/N=C1\NC(=O)/C(=C/c2cc(C(C)C)c(OC)c(C(C)C)c2)S1. The quantitative estimate of drug-likeness (QED) is 0.644. The first kappa shape index (κ1) is 18.4. The number of ether oxygens (including phenoxy) is 1. The highest BCUT2D eigenvalue weighted by Gasteiger charge is 2.25. The first-order valence-corrected chi connectivity index (χ1v) is 8.72. The molecule has 0 atom stereocenters. The van der Waals surface area contributed by atoms with Crippen LogP contribution in [0.5, 0.6) is 5.75 Å². The Balaban J connectivity index is 2.49. The van der Waals surface area contributed by atoms with Gasteiger partial charge in [-0.05, 0) is 58.5 Å². The Morgan fingerprint density at radius 1 is 1.12 bits per heavy atom. The number of carbonyl (C=O) groups excluding carboxylic acids is 1. The molecule has 130 valence electrons. The summed E-state index contributed by atoms with van der Waals surface area (Å²) in [6.45, 7) is 8.55. The van der Waals surface area contributed by atoms with Crippen LogP contribution in [-0.2, 0) is 9.63 Å². The molecule has 0 bridgehead atoms. The molecular weight excluding hydrogens is 324 g/mol. The van der Waals surface area contributed by atoms with E-state index in [-0.39, 0.29) is 5.91 Å². The van der Waals surface area contributed by atoms with Crippen molar-refractivity contribution < 1.29 is 14.4 Å². The number of thioether (sulfide) groups is 1. The van der Waals surface area contributed by atoms with E-state index in [2.05, 4.69) is 50.3 Å². The van der Waals surface area contributed by atoms with E-state index in [0.29, 0.717) is 21.9 Å². The molecule has 0 spiro atoms. The van der Waals surface area contributed by atoms with Gasteiger partial charge in [0.05, 0.1) is 12.0 Å². The Morgan fingerprint density at radius 2 is 1.71 bits per heavy atom. The van der Waals surface area contributed by atoms with E-state index in [1.54, 1.807) is 7.11 Å². The number of hydrogen-bond donors (Lipinski definition) is 1. The van der Waals surface area contributed by atoms with Gasteiger partial charge in [-0.25, -0.2) is 0 Å². The molecule has 1 amide bonds. The third-order valence-electron chi connectivity index (χ3n) is 3.74. The number of carbonyl (C=O) groups is 1. The summed E-state index contributed by atoms with van der Waals surface area (Å²) in [5.74, 6) is 1.43. The van der Waals surface area contributed by atoms with Crippen LogP contribution in [0.3, 0.4) is 0 Å². The first-order chi connectivity index (χ1) is 11.4. The summed E-state index contributed by atoms with van der Waals surface area (Å²) in [6.07, 6.45) is 1.88. The molecule has 1 fully saturated rings.